The smallest absolute Gasteiger partial charge is 0.337 e. The number of hydrogen-bond acceptors (Lipinski definition) is 5. The first-order valence-corrected chi connectivity index (χ1v) is 13.0. The summed E-state index contributed by atoms with van der Waals surface area (Å²) in [4.78, 5) is 22.5. The second-order valence-electron chi connectivity index (χ2n) is 10.9. The first kappa shape index (κ1) is 25.2. The number of nitrogens with zero attached hydrogens (tertiary/aromatic N) is 2. The molecule has 0 amide bonds. The Labute approximate surface area is 217 Å². The van der Waals surface area contributed by atoms with Gasteiger partial charge in [0.25, 0.3) is 0 Å². The number of aromatic nitrogens is 2. The number of aryl methyl sites for hydroxylation is 1. The van der Waals surface area contributed by atoms with E-state index in [2.05, 4.69) is 26.0 Å². The van der Waals surface area contributed by atoms with Crippen LogP contribution in [0.2, 0.25) is 0 Å². The second kappa shape index (κ2) is 9.42. The van der Waals surface area contributed by atoms with E-state index in [1.807, 2.05) is 58.2 Å². The van der Waals surface area contributed by atoms with E-state index in [1.165, 1.54) is 5.56 Å². The molecule has 0 bridgehead atoms. The standard InChI is InChI=1S/C31H34N2O4/c1-7-17(2)22-10-8-20-23(33-22)16-18(3)25(29(30(34)35)37-31(4,5)6)27(20)21-9-11-24-26-19(13-15-36-24)12-14-32-28(21)26/h8-12,14,16-17,29H,7,13,15H2,1-6H3,(H,34,35). The van der Waals surface area contributed by atoms with E-state index < -0.39 is 17.7 Å². The lowest BCUT2D eigenvalue weighted by Crippen LogP contribution is -2.28. The van der Waals surface area contributed by atoms with E-state index in [9.17, 15) is 9.90 Å². The second-order valence-corrected chi connectivity index (χ2v) is 10.9. The normalized spacial score (nSPS) is 15.0. The van der Waals surface area contributed by atoms with Crippen LogP contribution in [0.1, 0.15) is 75.4 Å². The Balaban J connectivity index is 1.89. The van der Waals surface area contributed by atoms with Crippen LogP contribution < -0.4 is 4.74 Å². The highest BCUT2D eigenvalue weighted by Crippen LogP contribution is 2.45. The number of benzene rings is 2. The average Bonchev–Trinajstić information content (AvgIpc) is 2.86. The van der Waals surface area contributed by atoms with Crippen LogP contribution in [0.4, 0.5) is 0 Å². The van der Waals surface area contributed by atoms with Crippen LogP contribution in [0.5, 0.6) is 5.75 Å². The minimum absolute atomic E-state index is 0.322. The van der Waals surface area contributed by atoms with Crippen molar-refractivity contribution in [3.8, 4) is 16.9 Å². The fraction of sp³-hybridized carbons (Fsp3) is 0.387. The van der Waals surface area contributed by atoms with Crippen molar-refractivity contribution in [3.05, 3.63) is 65.0 Å². The van der Waals surface area contributed by atoms with Gasteiger partial charge in [-0.2, -0.15) is 0 Å². The Bertz CT molecular complexity index is 1510. The summed E-state index contributed by atoms with van der Waals surface area (Å²) in [6.07, 6.45) is 2.47. The van der Waals surface area contributed by atoms with Crippen LogP contribution in [0.3, 0.4) is 0 Å². The van der Waals surface area contributed by atoms with Gasteiger partial charge < -0.3 is 14.6 Å². The summed E-state index contributed by atoms with van der Waals surface area (Å²) in [5, 5.41) is 12.2. The van der Waals surface area contributed by atoms with Gasteiger partial charge in [0.05, 0.1) is 23.2 Å². The number of carboxylic acid groups (broad SMARTS) is 1. The molecule has 6 heteroatoms. The van der Waals surface area contributed by atoms with Crippen molar-refractivity contribution in [2.24, 2.45) is 0 Å². The number of ether oxygens (including phenoxy) is 2. The molecule has 4 aromatic rings. The molecule has 6 nitrogen and oxygen atoms in total. The van der Waals surface area contributed by atoms with Crippen LogP contribution in [-0.2, 0) is 16.0 Å². The molecule has 1 N–H and O–H groups in total. The topological polar surface area (TPSA) is 81.5 Å². The summed E-state index contributed by atoms with van der Waals surface area (Å²) in [6.45, 7) is 12.5. The average molecular weight is 499 g/mol. The van der Waals surface area contributed by atoms with Gasteiger partial charge in [-0.15, -0.1) is 0 Å². The summed E-state index contributed by atoms with van der Waals surface area (Å²) in [5.41, 5.74) is 6.30. The molecule has 0 radical (unpaired) electrons. The monoisotopic (exact) mass is 498 g/mol. The predicted octanol–water partition coefficient (Wildman–Crippen LogP) is 7.15. The highest BCUT2D eigenvalue weighted by molar-refractivity contribution is 6.08. The molecule has 2 atom stereocenters. The highest BCUT2D eigenvalue weighted by atomic mass is 16.5. The maximum Gasteiger partial charge on any atom is 0.337 e. The van der Waals surface area contributed by atoms with E-state index >= 15 is 0 Å². The van der Waals surface area contributed by atoms with E-state index in [0.29, 0.717) is 18.1 Å². The zero-order valence-electron chi connectivity index (χ0n) is 22.4. The van der Waals surface area contributed by atoms with Crippen molar-refractivity contribution < 1.29 is 19.4 Å². The lowest BCUT2D eigenvalue weighted by atomic mass is 9.86. The molecule has 37 heavy (non-hydrogen) atoms. The van der Waals surface area contributed by atoms with Gasteiger partial charge in [-0.3, -0.25) is 9.97 Å². The van der Waals surface area contributed by atoms with Crippen molar-refractivity contribution in [2.75, 3.05) is 6.61 Å². The van der Waals surface area contributed by atoms with Crippen LogP contribution in [-0.4, -0.2) is 33.3 Å². The Hall–Kier alpha value is -3.51. The van der Waals surface area contributed by atoms with Crippen molar-refractivity contribution in [1.29, 1.82) is 0 Å². The molecule has 0 saturated heterocycles. The molecule has 0 spiro atoms. The Kier molecular flexibility index (Phi) is 6.40. The number of carboxylic acids is 1. The molecule has 3 heterocycles. The van der Waals surface area contributed by atoms with Crippen molar-refractivity contribution in [1.82, 2.24) is 9.97 Å². The van der Waals surface area contributed by atoms with Crippen molar-refractivity contribution in [3.63, 3.8) is 0 Å². The Morgan fingerprint density at radius 3 is 2.68 bits per heavy atom. The molecule has 0 saturated carbocycles. The van der Waals surface area contributed by atoms with Gasteiger partial charge in [0.1, 0.15) is 5.75 Å². The molecule has 0 aliphatic carbocycles. The van der Waals surface area contributed by atoms with Crippen LogP contribution in [0, 0.1) is 6.92 Å². The third-order valence-corrected chi connectivity index (χ3v) is 7.18. The lowest BCUT2D eigenvalue weighted by Gasteiger charge is -2.29. The molecule has 2 aromatic heterocycles. The molecule has 1 aliphatic rings. The Morgan fingerprint density at radius 2 is 1.97 bits per heavy atom. The number of pyridine rings is 2. The summed E-state index contributed by atoms with van der Waals surface area (Å²) in [7, 11) is 0. The van der Waals surface area contributed by atoms with Gasteiger partial charge in [0.2, 0.25) is 0 Å². The van der Waals surface area contributed by atoms with Crippen LogP contribution >= 0.6 is 0 Å². The third kappa shape index (κ3) is 4.55. The molecule has 192 valence electrons. The van der Waals surface area contributed by atoms with Crippen molar-refractivity contribution >= 4 is 27.8 Å². The van der Waals surface area contributed by atoms with Gasteiger partial charge in [-0.05, 0) is 87.1 Å². The number of hydrogen-bond donors (Lipinski definition) is 1. The van der Waals surface area contributed by atoms with E-state index in [4.69, 9.17) is 19.4 Å². The van der Waals surface area contributed by atoms with Gasteiger partial charge in [-0.25, -0.2) is 4.79 Å². The number of aliphatic carboxylic acids is 1. The molecule has 2 unspecified atom stereocenters. The van der Waals surface area contributed by atoms with Gasteiger partial charge in [0, 0.05) is 40.2 Å². The number of fused-ring (bicyclic) bond motifs is 1. The van der Waals surface area contributed by atoms with E-state index in [0.717, 1.165) is 62.8 Å². The fourth-order valence-corrected chi connectivity index (χ4v) is 5.24. The first-order chi connectivity index (χ1) is 17.6. The van der Waals surface area contributed by atoms with E-state index in [1.54, 1.807) is 0 Å². The summed E-state index contributed by atoms with van der Waals surface area (Å²) < 4.78 is 12.1. The minimum atomic E-state index is -1.16. The van der Waals surface area contributed by atoms with E-state index in [-0.39, 0.29) is 0 Å². The van der Waals surface area contributed by atoms with Gasteiger partial charge in [-0.1, -0.05) is 19.9 Å². The van der Waals surface area contributed by atoms with Crippen LogP contribution in [0.25, 0.3) is 32.9 Å². The zero-order valence-corrected chi connectivity index (χ0v) is 22.4. The maximum atomic E-state index is 12.7. The first-order valence-electron chi connectivity index (χ1n) is 13.0. The maximum absolute atomic E-state index is 12.7. The molecule has 1 aliphatic heterocycles. The quantitative estimate of drug-likeness (QED) is 0.304. The molecule has 0 fully saturated rings. The van der Waals surface area contributed by atoms with Gasteiger partial charge in [0.15, 0.2) is 6.10 Å². The third-order valence-electron chi connectivity index (χ3n) is 7.18. The molecular weight excluding hydrogens is 464 g/mol. The lowest BCUT2D eigenvalue weighted by molar-refractivity contribution is -0.160. The fourth-order valence-electron chi connectivity index (χ4n) is 5.24. The largest absolute Gasteiger partial charge is 0.493 e. The minimum Gasteiger partial charge on any atom is -0.493 e. The summed E-state index contributed by atoms with van der Waals surface area (Å²) in [5.74, 6) is 0.106. The zero-order chi connectivity index (χ0) is 26.5. The number of rotatable bonds is 6. The van der Waals surface area contributed by atoms with Gasteiger partial charge >= 0.3 is 5.97 Å². The predicted molar refractivity (Wildman–Crippen MR) is 146 cm³/mol. The highest BCUT2D eigenvalue weighted by Gasteiger charge is 2.33. The molecule has 2 aromatic carbocycles. The van der Waals surface area contributed by atoms with Crippen molar-refractivity contribution in [2.45, 2.75) is 72.0 Å². The molecular formula is C31H34N2O4. The number of carbonyl (C=O) groups is 1. The SMILES string of the molecule is CCC(C)c1ccc2c(-c3ccc4c5c(ccnc35)CCO4)c(C(OC(C)(C)C)C(=O)O)c(C)cc2n1. The van der Waals surface area contributed by atoms with Crippen LogP contribution in [0.15, 0.2) is 42.6 Å². The summed E-state index contributed by atoms with van der Waals surface area (Å²) in [6, 6.07) is 12.1. The Morgan fingerprint density at radius 1 is 1.19 bits per heavy atom. The summed E-state index contributed by atoms with van der Waals surface area (Å²) >= 11 is 0. The molecule has 5 rings (SSSR count).